The third-order valence-corrected chi connectivity index (χ3v) is 5.93. The summed E-state index contributed by atoms with van der Waals surface area (Å²) in [5.41, 5.74) is 0. The maximum Gasteiger partial charge on any atom is 0.230 e. The molecule has 1 aromatic carbocycles. The van der Waals surface area contributed by atoms with Gasteiger partial charge < -0.3 is 14.6 Å². The molecule has 1 fully saturated rings. The zero-order valence-electron chi connectivity index (χ0n) is 15.8. The second kappa shape index (κ2) is 10.1. The van der Waals surface area contributed by atoms with Crippen LogP contribution in [0.15, 0.2) is 23.4 Å². The number of amides is 1. The van der Waals surface area contributed by atoms with Gasteiger partial charge in [0.2, 0.25) is 5.91 Å². The van der Waals surface area contributed by atoms with E-state index in [2.05, 4.69) is 15.5 Å². The lowest BCUT2D eigenvalue weighted by Crippen LogP contribution is -2.37. The van der Waals surface area contributed by atoms with Gasteiger partial charge in [-0.1, -0.05) is 42.6 Å². The third kappa shape index (κ3) is 5.61. The monoisotopic (exact) mass is 426 g/mol. The Balaban J connectivity index is 1.53. The van der Waals surface area contributed by atoms with Crippen molar-refractivity contribution >= 4 is 29.3 Å². The number of carbonyl (C=O) groups excluding carboxylic acids is 1. The molecule has 1 amide bonds. The van der Waals surface area contributed by atoms with Crippen molar-refractivity contribution in [3.63, 3.8) is 0 Å². The standard InChI is InChI=1S/C19H24ClFN4O2S/c1-2-25-17(11-27-14-8-9-16(21)15(20)10-14)23-24-19(25)28-12-18(26)22-13-6-4-3-5-7-13/h8-10,13H,2-7,11-12H2,1H3,(H,22,26). The minimum absolute atomic E-state index is 0.00896. The third-order valence-electron chi connectivity index (χ3n) is 4.67. The van der Waals surface area contributed by atoms with Gasteiger partial charge in [0.05, 0.1) is 10.8 Å². The predicted octanol–water partition coefficient (Wildman–Crippen LogP) is 4.21. The van der Waals surface area contributed by atoms with E-state index in [1.54, 1.807) is 0 Å². The number of thioether (sulfide) groups is 1. The fourth-order valence-corrected chi connectivity index (χ4v) is 4.21. The van der Waals surface area contributed by atoms with Crippen LogP contribution < -0.4 is 10.1 Å². The van der Waals surface area contributed by atoms with Gasteiger partial charge in [-0.15, -0.1) is 10.2 Å². The van der Waals surface area contributed by atoms with Crippen molar-refractivity contribution in [1.82, 2.24) is 20.1 Å². The summed E-state index contributed by atoms with van der Waals surface area (Å²) in [6.45, 7) is 2.81. The molecule has 0 aliphatic heterocycles. The SMILES string of the molecule is CCn1c(COc2ccc(F)c(Cl)c2)nnc1SCC(=O)NC1CCCCC1. The number of aromatic nitrogens is 3. The number of carbonyl (C=O) groups is 1. The average molecular weight is 427 g/mol. The zero-order chi connectivity index (χ0) is 19.9. The molecular formula is C19H24ClFN4O2S. The first-order chi connectivity index (χ1) is 13.6. The molecule has 3 rings (SSSR count). The lowest BCUT2D eigenvalue weighted by atomic mass is 9.95. The van der Waals surface area contributed by atoms with Crippen molar-refractivity contribution in [3.8, 4) is 5.75 Å². The maximum atomic E-state index is 13.2. The van der Waals surface area contributed by atoms with Crippen LogP contribution in [-0.4, -0.2) is 32.5 Å². The Hall–Kier alpha value is -1.80. The van der Waals surface area contributed by atoms with Gasteiger partial charge in [0, 0.05) is 18.7 Å². The highest BCUT2D eigenvalue weighted by molar-refractivity contribution is 7.99. The molecule has 1 aromatic heterocycles. The van der Waals surface area contributed by atoms with Crippen LogP contribution in [0, 0.1) is 5.82 Å². The predicted molar refractivity (Wildman–Crippen MR) is 107 cm³/mol. The molecule has 0 saturated heterocycles. The summed E-state index contributed by atoms with van der Waals surface area (Å²) in [7, 11) is 0. The topological polar surface area (TPSA) is 69.0 Å². The van der Waals surface area contributed by atoms with Crippen molar-refractivity contribution in [3.05, 3.63) is 34.9 Å². The zero-order valence-corrected chi connectivity index (χ0v) is 17.4. The number of nitrogens with one attached hydrogen (secondary N) is 1. The molecular weight excluding hydrogens is 403 g/mol. The van der Waals surface area contributed by atoms with E-state index in [9.17, 15) is 9.18 Å². The molecule has 6 nitrogen and oxygen atoms in total. The van der Waals surface area contributed by atoms with Gasteiger partial charge in [-0.2, -0.15) is 0 Å². The summed E-state index contributed by atoms with van der Waals surface area (Å²) < 4.78 is 20.8. The second-order valence-corrected chi connectivity index (χ2v) is 8.05. The van der Waals surface area contributed by atoms with Crippen LogP contribution in [0.3, 0.4) is 0 Å². The Labute approximate surface area is 173 Å². The van der Waals surface area contributed by atoms with E-state index >= 15 is 0 Å². The molecule has 28 heavy (non-hydrogen) atoms. The maximum absolute atomic E-state index is 13.2. The van der Waals surface area contributed by atoms with E-state index in [1.807, 2.05) is 11.5 Å². The summed E-state index contributed by atoms with van der Waals surface area (Å²) in [6.07, 6.45) is 5.76. The molecule has 0 bridgehead atoms. The molecule has 1 N–H and O–H groups in total. The van der Waals surface area contributed by atoms with Gasteiger partial charge in [0.25, 0.3) is 0 Å². The lowest BCUT2D eigenvalue weighted by Gasteiger charge is -2.22. The molecule has 9 heteroatoms. The Morgan fingerprint density at radius 1 is 1.36 bits per heavy atom. The summed E-state index contributed by atoms with van der Waals surface area (Å²) in [5.74, 6) is 0.941. The lowest BCUT2D eigenvalue weighted by molar-refractivity contribution is -0.119. The van der Waals surface area contributed by atoms with Crippen molar-refractivity contribution < 1.29 is 13.9 Å². The Kier molecular flexibility index (Phi) is 7.56. The highest BCUT2D eigenvalue weighted by atomic mass is 35.5. The van der Waals surface area contributed by atoms with E-state index < -0.39 is 5.82 Å². The van der Waals surface area contributed by atoms with Crippen LogP contribution in [0.1, 0.15) is 44.9 Å². The number of nitrogens with zero attached hydrogens (tertiary/aromatic N) is 3. The molecule has 2 aromatic rings. The van der Waals surface area contributed by atoms with Crippen LogP contribution >= 0.6 is 23.4 Å². The number of benzene rings is 1. The Morgan fingerprint density at radius 3 is 2.86 bits per heavy atom. The van der Waals surface area contributed by atoms with Gasteiger partial charge >= 0.3 is 0 Å². The average Bonchev–Trinajstić information content (AvgIpc) is 3.10. The normalized spacial score (nSPS) is 14.8. The van der Waals surface area contributed by atoms with Crippen molar-refractivity contribution in [2.24, 2.45) is 0 Å². The molecule has 152 valence electrons. The van der Waals surface area contributed by atoms with Crippen LogP contribution in [0.25, 0.3) is 0 Å². The Morgan fingerprint density at radius 2 is 2.14 bits per heavy atom. The minimum Gasteiger partial charge on any atom is -0.486 e. The highest BCUT2D eigenvalue weighted by Crippen LogP contribution is 2.23. The summed E-state index contributed by atoms with van der Waals surface area (Å²) in [6, 6.07) is 4.50. The van der Waals surface area contributed by atoms with E-state index in [-0.39, 0.29) is 17.5 Å². The van der Waals surface area contributed by atoms with Gasteiger partial charge in [0.1, 0.15) is 18.2 Å². The quantitative estimate of drug-likeness (QED) is 0.640. The molecule has 0 unspecified atom stereocenters. The van der Waals surface area contributed by atoms with Crippen LogP contribution in [-0.2, 0) is 17.9 Å². The second-order valence-electron chi connectivity index (χ2n) is 6.70. The van der Waals surface area contributed by atoms with Gasteiger partial charge in [-0.25, -0.2) is 4.39 Å². The highest BCUT2D eigenvalue weighted by Gasteiger charge is 2.18. The van der Waals surface area contributed by atoms with Crippen LogP contribution in [0.2, 0.25) is 5.02 Å². The van der Waals surface area contributed by atoms with Crippen LogP contribution in [0.4, 0.5) is 4.39 Å². The van der Waals surface area contributed by atoms with Crippen molar-refractivity contribution in [1.29, 1.82) is 0 Å². The van der Waals surface area contributed by atoms with Gasteiger partial charge in [0.15, 0.2) is 11.0 Å². The summed E-state index contributed by atoms with van der Waals surface area (Å²) in [4.78, 5) is 12.2. The van der Waals surface area contributed by atoms with Gasteiger partial charge in [-0.05, 0) is 31.9 Å². The number of hydrogen-bond donors (Lipinski definition) is 1. The van der Waals surface area contributed by atoms with E-state index in [0.29, 0.717) is 35.1 Å². The molecule has 1 heterocycles. The molecule has 0 radical (unpaired) electrons. The number of ether oxygens (including phenoxy) is 1. The molecule has 0 spiro atoms. The number of halogens is 2. The fraction of sp³-hybridized carbons (Fsp3) is 0.526. The first-order valence-electron chi connectivity index (χ1n) is 9.49. The van der Waals surface area contributed by atoms with E-state index in [4.69, 9.17) is 16.3 Å². The van der Waals surface area contributed by atoms with E-state index in [0.717, 1.165) is 12.8 Å². The molecule has 1 aliphatic carbocycles. The number of rotatable bonds is 8. The largest absolute Gasteiger partial charge is 0.486 e. The summed E-state index contributed by atoms with van der Waals surface area (Å²) >= 11 is 7.14. The smallest absolute Gasteiger partial charge is 0.230 e. The fourth-order valence-electron chi connectivity index (χ4n) is 3.21. The van der Waals surface area contributed by atoms with Gasteiger partial charge in [-0.3, -0.25) is 4.79 Å². The number of hydrogen-bond acceptors (Lipinski definition) is 5. The van der Waals surface area contributed by atoms with Crippen LogP contribution in [0.5, 0.6) is 5.75 Å². The molecule has 1 saturated carbocycles. The molecule has 1 aliphatic rings. The Bertz CT molecular complexity index is 811. The summed E-state index contributed by atoms with van der Waals surface area (Å²) in [5, 5.41) is 12.1. The molecule has 0 atom stereocenters. The van der Waals surface area contributed by atoms with Crippen molar-refractivity contribution in [2.75, 3.05) is 5.75 Å². The first kappa shape index (κ1) is 20.9. The first-order valence-corrected chi connectivity index (χ1v) is 10.8. The minimum atomic E-state index is -0.490. The van der Waals surface area contributed by atoms with Crippen molar-refractivity contribution in [2.45, 2.75) is 63.4 Å². The van der Waals surface area contributed by atoms with E-state index in [1.165, 1.54) is 49.2 Å².